The van der Waals surface area contributed by atoms with Crippen molar-refractivity contribution in [2.24, 2.45) is 0 Å². The van der Waals surface area contributed by atoms with Gasteiger partial charge in [0, 0.05) is 0 Å². The molecule has 0 fully saturated rings. The van der Waals surface area contributed by atoms with Crippen molar-refractivity contribution in [3.05, 3.63) is 25.5 Å². The van der Waals surface area contributed by atoms with Crippen LogP contribution >= 0.6 is 31.9 Å². The lowest BCUT2D eigenvalue weighted by molar-refractivity contribution is -0.141. The topological polar surface area (TPSA) is 61.2 Å². The molecular formula is C7H6Br2N2O3. The zero-order valence-electron chi connectivity index (χ0n) is 7.16. The SMILES string of the molecule is COC(=O)Cn1ncc(Br)c(Br)c1=O. The summed E-state index contributed by atoms with van der Waals surface area (Å²) in [6, 6.07) is 0. The Labute approximate surface area is 96.3 Å². The average molecular weight is 326 g/mol. The minimum atomic E-state index is -0.520. The Morgan fingerprint density at radius 3 is 2.86 bits per heavy atom. The highest BCUT2D eigenvalue weighted by Gasteiger charge is 2.09. The molecule has 14 heavy (non-hydrogen) atoms. The van der Waals surface area contributed by atoms with Crippen molar-refractivity contribution < 1.29 is 9.53 Å². The maximum absolute atomic E-state index is 11.5. The number of halogens is 2. The van der Waals surface area contributed by atoms with E-state index in [1.165, 1.54) is 13.3 Å². The van der Waals surface area contributed by atoms with Crippen LogP contribution in [0.15, 0.2) is 19.9 Å². The van der Waals surface area contributed by atoms with E-state index in [1.807, 2.05) is 0 Å². The van der Waals surface area contributed by atoms with Gasteiger partial charge < -0.3 is 4.74 Å². The lowest BCUT2D eigenvalue weighted by Crippen LogP contribution is -2.27. The van der Waals surface area contributed by atoms with Crippen molar-refractivity contribution >= 4 is 37.8 Å². The number of hydrogen-bond acceptors (Lipinski definition) is 4. The van der Waals surface area contributed by atoms with Crippen LogP contribution in [0.5, 0.6) is 0 Å². The highest BCUT2D eigenvalue weighted by atomic mass is 79.9. The van der Waals surface area contributed by atoms with Gasteiger partial charge in [-0.15, -0.1) is 0 Å². The fraction of sp³-hybridized carbons (Fsp3) is 0.286. The highest BCUT2D eigenvalue weighted by molar-refractivity contribution is 9.13. The van der Waals surface area contributed by atoms with Crippen LogP contribution in [0.1, 0.15) is 0 Å². The van der Waals surface area contributed by atoms with E-state index in [9.17, 15) is 9.59 Å². The molecule has 0 unspecified atom stereocenters. The zero-order chi connectivity index (χ0) is 10.7. The first-order valence-corrected chi connectivity index (χ1v) is 5.12. The van der Waals surface area contributed by atoms with Crippen molar-refractivity contribution in [3.8, 4) is 0 Å². The average Bonchev–Trinajstić information content (AvgIpc) is 2.19. The maximum atomic E-state index is 11.5. The quantitative estimate of drug-likeness (QED) is 0.759. The monoisotopic (exact) mass is 324 g/mol. The largest absolute Gasteiger partial charge is 0.468 e. The van der Waals surface area contributed by atoms with Gasteiger partial charge in [0.15, 0.2) is 0 Å². The molecule has 1 aromatic heterocycles. The summed E-state index contributed by atoms with van der Waals surface area (Å²) >= 11 is 6.19. The molecule has 0 atom stereocenters. The third-order valence-electron chi connectivity index (χ3n) is 1.45. The Bertz CT molecular complexity index is 416. The third kappa shape index (κ3) is 2.42. The summed E-state index contributed by atoms with van der Waals surface area (Å²) in [5, 5.41) is 3.75. The van der Waals surface area contributed by atoms with Crippen molar-refractivity contribution in [2.45, 2.75) is 6.54 Å². The number of esters is 1. The number of ether oxygens (including phenoxy) is 1. The first-order chi connectivity index (χ1) is 6.56. The van der Waals surface area contributed by atoms with Gasteiger partial charge in [-0.1, -0.05) is 0 Å². The molecule has 0 saturated heterocycles. The van der Waals surface area contributed by atoms with Gasteiger partial charge in [0.05, 0.1) is 17.8 Å². The molecule has 0 saturated carbocycles. The zero-order valence-corrected chi connectivity index (χ0v) is 10.3. The van der Waals surface area contributed by atoms with Crippen LogP contribution in [0, 0.1) is 0 Å². The van der Waals surface area contributed by atoms with Crippen LogP contribution in [-0.2, 0) is 16.1 Å². The molecule has 0 bridgehead atoms. The fourth-order valence-corrected chi connectivity index (χ4v) is 1.31. The van der Waals surface area contributed by atoms with E-state index in [0.717, 1.165) is 4.68 Å². The molecule has 0 aliphatic rings. The number of nitrogens with zero attached hydrogens (tertiary/aromatic N) is 2. The van der Waals surface area contributed by atoms with Crippen molar-refractivity contribution in [2.75, 3.05) is 7.11 Å². The lowest BCUT2D eigenvalue weighted by Gasteiger charge is -2.03. The Kier molecular flexibility index (Phi) is 3.82. The second-order valence-electron chi connectivity index (χ2n) is 2.35. The van der Waals surface area contributed by atoms with E-state index >= 15 is 0 Å². The van der Waals surface area contributed by atoms with Gasteiger partial charge in [-0.05, 0) is 31.9 Å². The van der Waals surface area contributed by atoms with Crippen LogP contribution in [-0.4, -0.2) is 22.9 Å². The molecule has 0 aromatic carbocycles. The predicted molar refractivity (Wildman–Crippen MR) is 55.9 cm³/mol. The van der Waals surface area contributed by atoms with Gasteiger partial charge in [-0.25, -0.2) is 4.68 Å². The molecule has 0 N–H and O–H groups in total. The number of carbonyl (C=O) groups is 1. The molecule has 76 valence electrons. The third-order valence-corrected chi connectivity index (χ3v) is 3.35. The van der Waals surface area contributed by atoms with E-state index in [0.29, 0.717) is 8.95 Å². The van der Waals surface area contributed by atoms with Gasteiger partial charge in [-0.3, -0.25) is 9.59 Å². The molecule has 1 aromatic rings. The van der Waals surface area contributed by atoms with E-state index in [2.05, 4.69) is 41.7 Å². The van der Waals surface area contributed by atoms with Gasteiger partial charge in [0.2, 0.25) is 0 Å². The first kappa shape index (κ1) is 11.4. The second-order valence-corrected chi connectivity index (χ2v) is 3.99. The Morgan fingerprint density at radius 2 is 2.29 bits per heavy atom. The van der Waals surface area contributed by atoms with Gasteiger partial charge >= 0.3 is 5.97 Å². The lowest BCUT2D eigenvalue weighted by atomic mass is 10.5. The summed E-state index contributed by atoms with van der Waals surface area (Å²) in [5.41, 5.74) is -0.384. The molecule has 7 heteroatoms. The van der Waals surface area contributed by atoms with E-state index in [1.54, 1.807) is 0 Å². The Morgan fingerprint density at radius 1 is 1.64 bits per heavy atom. The molecule has 0 aliphatic carbocycles. The normalized spacial score (nSPS) is 9.93. The minimum absolute atomic E-state index is 0.193. The van der Waals surface area contributed by atoms with Crippen LogP contribution < -0.4 is 5.56 Å². The number of methoxy groups -OCH3 is 1. The van der Waals surface area contributed by atoms with Crippen molar-refractivity contribution in [3.63, 3.8) is 0 Å². The summed E-state index contributed by atoms with van der Waals surface area (Å²) < 4.78 is 6.30. The van der Waals surface area contributed by atoms with Crippen molar-refractivity contribution in [1.82, 2.24) is 9.78 Å². The standard InChI is InChI=1S/C7H6Br2N2O3/c1-14-5(12)3-11-7(13)6(9)4(8)2-10-11/h2H,3H2,1H3. The highest BCUT2D eigenvalue weighted by Crippen LogP contribution is 2.16. The fourth-order valence-electron chi connectivity index (χ4n) is 0.744. The number of aromatic nitrogens is 2. The number of rotatable bonds is 2. The van der Waals surface area contributed by atoms with Gasteiger partial charge in [0.1, 0.15) is 11.0 Å². The molecule has 0 amide bonds. The van der Waals surface area contributed by atoms with Crippen LogP contribution in [0.3, 0.4) is 0 Å². The van der Waals surface area contributed by atoms with Gasteiger partial charge in [-0.2, -0.15) is 5.10 Å². The van der Waals surface area contributed by atoms with E-state index in [-0.39, 0.29) is 12.1 Å². The van der Waals surface area contributed by atoms with E-state index in [4.69, 9.17) is 0 Å². The maximum Gasteiger partial charge on any atom is 0.327 e. The molecular weight excluding hydrogens is 320 g/mol. The van der Waals surface area contributed by atoms with Crippen LogP contribution in [0.25, 0.3) is 0 Å². The number of carbonyl (C=O) groups excluding carboxylic acids is 1. The minimum Gasteiger partial charge on any atom is -0.468 e. The number of hydrogen-bond donors (Lipinski definition) is 0. The van der Waals surface area contributed by atoms with Crippen molar-refractivity contribution in [1.29, 1.82) is 0 Å². The molecule has 0 aliphatic heterocycles. The summed E-state index contributed by atoms with van der Waals surface area (Å²) in [6.07, 6.45) is 1.43. The summed E-state index contributed by atoms with van der Waals surface area (Å²) in [5.74, 6) is -0.520. The van der Waals surface area contributed by atoms with E-state index < -0.39 is 5.97 Å². The predicted octanol–water partition coefficient (Wildman–Crippen LogP) is 0.941. The molecule has 5 nitrogen and oxygen atoms in total. The second kappa shape index (κ2) is 4.70. The Hall–Kier alpha value is -0.690. The smallest absolute Gasteiger partial charge is 0.327 e. The summed E-state index contributed by atoms with van der Waals surface area (Å²) in [6.45, 7) is -0.193. The first-order valence-electron chi connectivity index (χ1n) is 3.54. The van der Waals surface area contributed by atoms with Crippen LogP contribution in [0.4, 0.5) is 0 Å². The molecule has 1 heterocycles. The summed E-state index contributed by atoms with van der Waals surface area (Å²) in [7, 11) is 1.25. The molecule has 0 spiro atoms. The van der Waals surface area contributed by atoms with Crippen LogP contribution in [0.2, 0.25) is 0 Å². The van der Waals surface area contributed by atoms with Gasteiger partial charge in [0.25, 0.3) is 5.56 Å². The molecule has 1 rings (SSSR count). The molecule has 0 radical (unpaired) electrons. The summed E-state index contributed by atoms with van der Waals surface area (Å²) in [4.78, 5) is 22.3. The Balaban J connectivity index is 3.06.